The molecule has 0 radical (unpaired) electrons. The van der Waals surface area contributed by atoms with Crippen LogP contribution in [0, 0.1) is 0 Å². The second-order valence-electron chi connectivity index (χ2n) is 5.46. The van der Waals surface area contributed by atoms with Crippen molar-refractivity contribution in [1.29, 1.82) is 0 Å². The molecule has 1 fully saturated rings. The zero-order chi connectivity index (χ0) is 17.6. The van der Waals surface area contributed by atoms with Crippen LogP contribution in [0.3, 0.4) is 0 Å². The number of methoxy groups -OCH3 is 1. The summed E-state index contributed by atoms with van der Waals surface area (Å²) in [6, 6.07) is 0. The second-order valence-corrected chi connectivity index (χ2v) is 5.46. The Morgan fingerprint density at radius 1 is 1.08 bits per heavy atom. The summed E-state index contributed by atoms with van der Waals surface area (Å²) in [6.07, 6.45) is 1.80. The average molecular weight is 344 g/mol. The van der Waals surface area contributed by atoms with Gasteiger partial charge in [0.2, 0.25) is 0 Å². The fourth-order valence-electron chi connectivity index (χ4n) is 2.42. The maximum Gasteiger partial charge on any atom is 0.409 e. The smallest absolute Gasteiger partial charge is 0.409 e. The summed E-state index contributed by atoms with van der Waals surface area (Å²) < 4.78 is 15.4. The third-order valence-corrected chi connectivity index (χ3v) is 3.75. The SMILES string of the molecule is CCOC(=O)N1CCN(C(=NC)NCCCCOCCOC)CC1. The number of carbonyl (C=O) groups excluding carboxylic acids is 1. The zero-order valence-electron chi connectivity index (χ0n) is 15.3. The molecule has 1 heterocycles. The van der Waals surface area contributed by atoms with Gasteiger partial charge in [0, 0.05) is 53.5 Å². The summed E-state index contributed by atoms with van der Waals surface area (Å²) in [5.41, 5.74) is 0. The van der Waals surface area contributed by atoms with Gasteiger partial charge in [-0.2, -0.15) is 0 Å². The number of hydrogen-bond donors (Lipinski definition) is 1. The van der Waals surface area contributed by atoms with Gasteiger partial charge in [-0.25, -0.2) is 4.79 Å². The van der Waals surface area contributed by atoms with Crippen LogP contribution in [0.25, 0.3) is 0 Å². The number of nitrogens with zero attached hydrogens (tertiary/aromatic N) is 3. The molecule has 1 rings (SSSR count). The van der Waals surface area contributed by atoms with Crippen molar-refractivity contribution in [3.63, 3.8) is 0 Å². The molecule has 0 aromatic carbocycles. The summed E-state index contributed by atoms with van der Waals surface area (Å²) in [6.45, 7) is 7.98. The summed E-state index contributed by atoms with van der Waals surface area (Å²) in [4.78, 5) is 19.9. The van der Waals surface area contributed by atoms with Crippen molar-refractivity contribution in [2.24, 2.45) is 4.99 Å². The number of rotatable bonds is 9. The first-order valence-electron chi connectivity index (χ1n) is 8.66. The maximum atomic E-state index is 11.7. The van der Waals surface area contributed by atoms with E-state index in [9.17, 15) is 4.79 Å². The first-order valence-corrected chi connectivity index (χ1v) is 8.66. The van der Waals surface area contributed by atoms with E-state index in [0.717, 1.165) is 45.0 Å². The lowest BCUT2D eigenvalue weighted by Gasteiger charge is -2.35. The van der Waals surface area contributed by atoms with E-state index in [1.165, 1.54) is 0 Å². The van der Waals surface area contributed by atoms with Gasteiger partial charge in [0.1, 0.15) is 0 Å². The highest BCUT2D eigenvalue weighted by Gasteiger charge is 2.23. The van der Waals surface area contributed by atoms with E-state index in [-0.39, 0.29) is 6.09 Å². The quantitative estimate of drug-likeness (QED) is 0.378. The predicted molar refractivity (Wildman–Crippen MR) is 93.5 cm³/mol. The van der Waals surface area contributed by atoms with Crippen molar-refractivity contribution < 1.29 is 19.0 Å². The molecule has 140 valence electrons. The van der Waals surface area contributed by atoms with Gasteiger partial charge in [-0.05, 0) is 19.8 Å². The van der Waals surface area contributed by atoms with Crippen LogP contribution in [0.2, 0.25) is 0 Å². The fourth-order valence-corrected chi connectivity index (χ4v) is 2.42. The molecule has 1 amide bonds. The van der Waals surface area contributed by atoms with Gasteiger partial charge in [-0.3, -0.25) is 4.99 Å². The molecule has 0 aliphatic carbocycles. The van der Waals surface area contributed by atoms with Crippen LogP contribution in [0.4, 0.5) is 4.79 Å². The largest absolute Gasteiger partial charge is 0.450 e. The number of ether oxygens (including phenoxy) is 3. The zero-order valence-corrected chi connectivity index (χ0v) is 15.3. The molecule has 1 aliphatic rings. The van der Waals surface area contributed by atoms with E-state index in [4.69, 9.17) is 14.2 Å². The van der Waals surface area contributed by atoms with Gasteiger partial charge in [0.05, 0.1) is 19.8 Å². The molecule has 24 heavy (non-hydrogen) atoms. The van der Waals surface area contributed by atoms with Crippen molar-refractivity contribution in [2.75, 3.05) is 73.3 Å². The van der Waals surface area contributed by atoms with Gasteiger partial charge >= 0.3 is 6.09 Å². The number of aliphatic imine (C=N–C) groups is 1. The van der Waals surface area contributed by atoms with Crippen molar-refractivity contribution in [3.05, 3.63) is 0 Å². The van der Waals surface area contributed by atoms with Crippen LogP contribution in [0.5, 0.6) is 0 Å². The molecule has 1 N–H and O–H groups in total. The van der Waals surface area contributed by atoms with Crippen molar-refractivity contribution in [1.82, 2.24) is 15.1 Å². The minimum atomic E-state index is -0.228. The highest BCUT2D eigenvalue weighted by Crippen LogP contribution is 2.04. The van der Waals surface area contributed by atoms with Gasteiger partial charge in [-0.1, -0.05) is 0 Å². The number of unbranched alkanes of at least 4 members (excludes halogenated alkanes) is 1. The highest BCUT2D eigenvalue weighted by molar-refractivity contribution is 5.80. The summed E-state index contributed by atoms with van der Waals surface area (Å²) in [5, 5.41) is 3.37. The number of amides is 1. The highest BCUT2D eigenvalue weighted by atomic mass is 16.6. The molecule has 0 saturated carbocycles. The van der Waals surface area contributed by atoms with Crippen LogP contribution >= 0.6 is 0 Å². The Morgan fingerprint density at radius 2 is 1.79 bits per heavy atom. The predicted octanol–water partition coefficient (Wildman–Crippen LogP) is 0.779. The van der Waals surface area contributed by atoms with E-state index < -0.39 is 0 Å². The molecule has 0 unspecified atom stereocenters. The standard InChI is InChI=1S/C16H32N4O4/c1-4-24-16(21)20-10-8-19(9-11-20)15(17-2)18-7-5-6-12-23-14-13-22-3/h4-14H2,1-3H3,(H,17,18). The Hall–Kier alpha value is -1.54. The van der Waals surface area contributed by atoms with E-state index in [2.05, 4.69) is 15.2 Å². The molecule has 1 saturated heterocycles. The molecule has 0 spiro atoms. The van der Waals surface area contributed by atoms with Gasteiger partial charge in [0.15, 0.2) is 5.96 Å². The van der Waals surface area contributed by atoms with E-state index in [0.29, 0.717) is 32.9 Å². The summed E-state index contributed by atoms with van der Waals surface area (Å²) in [7, 11) is 3.46. The number of guanidine groups is 1. The maximum absolute atomic E-state index is 11.7. The minimum Gasteiger partial charge on any atom is -0.450 e. The Morgan fingerprint density at radius 3 is 2.42 bits per heavy atom. The fraction of sp³-hybridized carbons (Fsp3) is 0.875. The Bertz CT molecular complexity index is 371. The normalized spacial score (nSPS) is 15.5. The van der Waals surface area contributed by atoms with E-state index in [1.54, 1.807) is 19.1 Å². The second kappa shape index (κ2) is 12.8. The lowest BCUT2D eigenvalue weighted by atomic mass is 10.3. The molecule has 0 atom stereocenters. The topological polar surface area (TPSA) is 75.6 Å². The van der Waals surface area contributed by atoms with Crippen LogP contribution < -0.4 is 5.32 Å². The average Bonchev–Trinajstić information content (AvgIpc) is 2.61. The summed E-state index contributed by atoms with van der Waals surface area (Å²) in [5.74, 6) is 0.888. The number of hydrogen-bond acceptors (Lipinski definition) is 5. The molecular formula is C16H32N4O4. The number of piperazine rings is 1. The summed E-state index contributed by atoms with van der Waals surface area (Å²) >= 11 is 0. The molecule has 0 bridgehead atoms. The van der Waals surface area contributed by atoms with Crippen molar-refractivity contribution in [3.8, 4) is 0 Å². The van der Waals surface area contributed by atoms with E-state index >= 15 is 0 Å². The van der Waals surface area contributed by atoms with Gasteiger partial charge < -0.3 is 29.3 Å². The third kappa shape index (κ3) is 7.83. The van der Waals surface area contributed by atoms with Crippen LogP contribution in [-0.2, 0) is 14.2 Å². The van der Waals surface area contributed by atoms with Gasteiger partial charge in [-0.15, -0.1) is 0 Å². The monoisotopic (exact) mass is 344 g/mol. The number of carbonyl (C=O) groups is 1. The molecule has 0 aromatic heterocycles. The third-order valence-electron chi connectivity index (χ3n) is 3.75. The Balaban J connectivity index is 2.16. The molecule has 0 aromatic rings. The lowest BCUT2D eigenvalue weighted by molar-refractivity contribution is 0.0689. The molecule has 8 heteroatoms. The van der Waals surface area contributed by atoms with Crippen LogP contribution in [-0.4, -0.2) is 95.2 Å². The van der Waals surface area contributed by atoms with Crippen molar-refractivity contribution in [2.45, 2.75) is 19.8 Å². The van der Waals surface area contributed by atoms with E-state index in [1.807, 2.05) is 6.92 Å². The molecule has 1 aliphatic heterocycles. The van der Waals surface area contributed by atoms with Crippen molar-refractivity contribution >= 4 is 12.1 Å². The minimum absolute atomic E-state index is 0.228. The first-order chi connectivity index (χ1) is 11.7. The Labute approximate surface area is 145 Å². The first kappa shape index (κ1) is 20.5. The molecular weight excluding hydrogens is 312 g/mol. The number of nitrogens with one attached hydrogen (secondary N) is 1. The van der Waals surface area contributed by atoms with Gasteiger partial charge in [0.25, 0.3) is 0 Å². The van der Waals surface area contributed by atoms with Crippen LogP contribution in [0.15, 0.2) is 4.99 Å². The van der Waals surface area contributed by atoms with Crippen LogP contribution in [0.1, 0.15) is 19.8 Å². The molecule has 8 nitrogen and oxygen atoms in total. The Kier molecular flexibility index (Phi) is 11.0. The lowest BCUT2D eigenvalue weighted by Crippen LogP contribution is -2.54.